The van der Waals surface area contributed by atoms with Gasteiger partial charge >= 0.3 is 0 Å². The number of carbonyl (C=O) groups excluding carboxylic acids is 1. The zero-order valence-corrected chi connectivity index (χ0v) is 15.4. The van der Waals surface area contributed by atoms with Gasteiger partial charge in [0.05, 0.1) is 17.0 Å². The van der Waals surface area contributed by atoms with Gasteiger partial charge in [0, 0.05) is 32.6 Å². The molecule has 1 aromatic carbocycles. The van der Waals surface area contributed by atoms with Crippen LogP contribution >= 0.6 is 0 Å². The number of benzene rings is 1. The Kier molecular flexibility index (Phi) is 6.73. The van der Waals surface area contributed by atoms with E-state index in [0.29, 0.717) is 12.1 Å². The number of carbonyl (C=O) groups is 1. The second-order valence-electron chi connectivity index (χ2n) is 6.78. The van der Waals surface area contributed by atoms with E-state index in [1.165, 1.54) is 26.2 Å². The first-order chi connectivity index (χ1) is 10.5. The second kappa shape index (κ2) is 7.90. The van der Waals surface area contributed by atoms with Crippen LogP contribution in [-0.4, -0.2) is 51.4 Å². The third-order valence-electron chi connectivity index (χ3n) is 3.30. The van der Waals surface area contributed by atoms with Crippen LogP contribution in [0.15, 0.2) is 29.2 Å². The summed E-state index contributed by atoms with van der Waals surface area (Å²) in [5.74, 6) is -0.253. The van der Waals surface area contributed by atoms with Gasteiger partial charge in [0.1, 0.15) is 0 Å². The second-order valence-corrected chi connectivity index (χ2v) is 8.94. The summed E-state index contributed by atoms with van der Waals surface area (Å²) in [5.41, 5.74) is 0.534. The maximum atomic E-state index is 12.1. The topological polar surface area (TPSA) is 83.1 Å². The van der Waals surface area contributed by atoms with E-state index in [4.69, 9.17) is 0 Å². The normalized spacial score (nSPS) is 12.4. The van der Waals surface area contributed by atoms with Gasteiger partial charge in [0.2, 0.25) is 10.0 Å². The minimum absolute atomic E-state index is 0.121. The summed E-state index contributed by atoms with van der Waals surface area (Å²) < 4.78 is 25.3. The fourth-order valence-electron chi connectivity index (χ4n) is 1.95. The summed E-state index contributed by atoms with van der Waals surface area (Å²) in [5, 5.41) is 5.05. The number of quaternary nitrogens is 1. The molecule has 0 bridgehead atoms. The number of amides is 1. The molecule has 0 aliphatic rings. The Morgan fingerprint density at radius 3 is 2.48 bits per heavy atom. The van der Waals surface area contributed by atoms with Gasteiger partial charge in [-0.1, -0.05) is 6.07 Å². The van der Waals surface area contributed by atoms with Crippen LogP contribution in [0, 0.1) is 0 Å². The average molecular weight is 342 g/mol. The zero-order chi connectivity index (χ0) is 17.7. The number of hydrogen-bond donors (Lipinski definition) is 2. The molecule has 0 saturated carbocycles. The first kappa shape index (κ1) is 19.6. The molecule has 7 heteroatoms. The lowest BCUT2D eigenvalue weighted by molar-refractivity contribution is -0.717. The Balaban J connectivity index is 2.61. The summed E-state index contributed by atoms with van der Waals surface area (Å²) >= 11 is 0. The van der Waals surface area contributed by atoms with Gasteiger partial charge in [-0.3, -0.25) is 4.79 Å². The predicted octanol–water partition coefficient (Wildman–Crippen LogP) is 0.419. The van der Waals surface area contributed by atoms with Gasteiger partial charge in [0.25, 0.3) is 5.91 Å². The van der Waals surface area contributed by atoms with E-state index < -0.39 is 10.0 Å². The van der Waals surface area contributed by atoms with Crippen molar-refractivity contribution >= 4 is 15.9 Å². The molecule has 0 fully saturated rings. The highest BCUT2D eigenvalue weighted by atomic mass is 32.2. The molecule has 1 rings (SSSR count). The van der Waals surface area contributed by atoms with E-state index in [1.807, 2.05) is 0 Å². The maximum Gasteiger partial charge on any atom is 0.251 e. The van der Waals surface area contributed by atoms with Crippen LogP contribution in [0.2, 0.25) is 0 Å². The van der Waals surface area contributed by atoms with E-state index >= 15 is 0 Å². The molecular weight excluding hydrogens is 314 g/mol. The minimum atomic E-state index is -3.53. The number of nitrogens with zero attached hydrogens (tertiary/aromatic N) is 1. The molecule has 0 aliphatic heterocycles. The molecule has 3 N–H and O–H groups in total. The summed E-state index contributed by atoms with van der Waals surface area (Å²) in [6, 6.07) is 6.10. The smallest absolute Gasteiger partial charge is 0.251 e. The van der Waals surface area contributed by atoms with E-state index in [1.54, 1.807) is 12.1 Å². The molecule has 0 aromatic heterocycles. The van der Waals surface area contributed by atoms with Gasteiger partial charge in [-0.2, -0.15) is 0 Å². The number of nitrogens with two attached hydrogens (primary N) is 1. The van der Waals surface area contributed by atoms with Gasteiger partial charge in [-0.05, 0) is 39.0 Å². The van der Waals surface area contributed by atoms with Gasteiger partial charge in [-0.15, -0.1) is 0 Å². The molecule has 0 aliphatic carbocycles. The first-order valence-corrected chi connectivity index (χ1v) is 9.13. The number of sulfonamides is 1. The SMILES string of the molecule is CN(C)S(=O)(=O)c1cccc(C(=O)NCCC[NH2+]C(C)(C)C)c1. The van der Waals surface area contributed by atoms with Crippen LogP contribution in [0.4, 0.5) is 0 Å². The first-order valence-electron chi connectivity index (χ1n) is 7.69. The van der Waals surface area contributed by atoms with Crippen molar-refractivity contribution in [2.75, 3.05) is 27.2 Å². The predicted molar refractivity (Wildman–Crippen MR) is 90.8 cm³/mol. The standard InChI is InChI=1S/C16H27N3O3S/c1-16(2,3)18-11-7-10-17-15(20)13-8-6-9-14(12-13)23(21,22)19(4)5/h6,8-9,12,18H,7,10-11H2,1-5H3,(H,17,20)/p+1. The molecule has 0 atom stereocenters. The summed E-state index contributed by atoms with van der Waals surface area (Å²) in [4.78, 5) is 12.2. The van der Waals surface area contributed by atoms with E-state index in [0.717, 1.165) is 17.3 Å². The van der Waals surface area contributed by atoms with Gasteiger partial charge < -0.3 is 10.6 Å². The number of rotatable bonds is 7. The van der Waals surface area contributed by atoms with Crippen molar-refractivity contribution < 1.29 is 18.5 Å². The Morgan fingerprint density at radius 2 is 1.91 bits per heavy atom. The third kappa shape index (κ3) is 6.29. The Bertz CT molecular complexity index is 634. The van der Waals surface area contributed by atoms with Crippen LogP contribution in [-0.2, 0) is 10.0 Å². The van der Waals surface area contributed by atoms with Crippen LogP contribution in [0.25, 0.3) is 0 Å². The fraction of sp³-hybridized carbons (Fsp3) is 0.562. The quantitative estimate of drug-likeness (QED) is 0.705. The van der Waals surface area contributed by atoms with Crippen molar-refractivity contribution in [2.45, 2.75) is 37.6 Å². The van der Waals surface area contributed by atoms with E-state index in [9.17, 15) is 13.2 Å². The van der Waals surface area contributed by atoms with Gasteiger partial charge in [-0.25, -0.2) is 12.7 Å². The summed E-state index contributed by atoms with van der Waals surface area (Å²) in [7, 11) is -0.598. The largest absolute Gasteiger partial charge is 0.352 e. The molecule has 0 saturated heterocycles. The summed E-state index contributed by atoms with van der Waals surface area (Å²) in [6.07, 6.45) is 0.860. The monoisotopic (exact) mass is 342 g/mol. The number of nitrogens with one attached hydrogen (secondary N) is 1. The molecular formula is C16H28N3O3S+. The van der Waals surface area contributed by atoms with Crippen LogP contribution in [0.1, 0.15) is 37.6 Å². The number of hydrogen-bond acceptors (Lipinski definition) is 3. The fourth-order valence-corrected chi connectivity index (χ4v) is 2.90. The molecule has 0 unspecified atom stereocenters. The Labute approximate surface area is 139 Å². The Morgan fingerprint density at radius 1 is 1.26 bits per heavy atom. The van der Waals surface area contributed by atoms with Crippen molar-refractivity contribution in [1.82, 2.24) is 9.62 Å². The van der Waals surface area contributed by atoms with Crippen LogP contribution < -0.4 is 10.6 Å². The lowest BCUT2D eigenvalue weighted by Crippen LogP contribution is -2.94. The highest BCUT2D eigenvalue weighted by Gasteiger charge is 2.18. The lowest BCUT2D eigenvalue weighted by Gasteiger charge is -2.16. The molecule has 1 amide bonds. The third-order valence-corrected chi connectivity index (χ3v) is 5.11. The minimum Gasteiger partial charge on any atom is -0.352 e. The van der Waals surface area contributed by atoms with Crippen LogP contribution in [0.3, 0.4) is 0 Å². The molecule has 0 radical (unpaired) electrons. The van der Waals surface area contributed by atoms with Gasteiger partial charge in [0.15, 0.2) is 0 Å². The average Bonchev–Trinajstić information content (AvgIpc) is 2.45. The van der Waals surface area contributed by atoms with E-state index in [2.05, 4.69) is 31.4 Å². The van der Waals surface area contributed by atoms with Crippen molar-refractivity contribution in [3.05, 3.63) is 29.8 Å². The molecule has 0 heterocycles. The van der Waals surface area contributed by atoms with Crippen molar-refractivity contribution in [3.8, 4) is 0 Å². The highest BCUT2D eigenvalue weighted by molar-refractivity contribution is 7.89. The molecule has 130 valence electrons. The molecule has 0 spiro atoms. The van der Waals surface area contributed by atoms with Crippen molar-refractivity contribution in [2.24, 2.45) is 0 Å². The van der Waals surface area contributed by atoms with Crippen LogP contribution in [0.5, 0.6) is 0 Å². The highest BCUT2D eigenvalue weighted by Crippen LogP contribution is 2.14. The zero-order valence-electron chi connectivity index (χ0n) is 14.6. The molecule has 23 heavy (non-hydrogen) atoms. The Hall–Kier alpha value is -1.44. The van der Waals surface area contributed by atoms with E-state index in [-0.39, 0.29) is 16.3 Å². The van der Waals surface area contributed by atoms with Crippen molar-refractivity contribution in [3.63, 3.8) is 0 Å². The molecule has 6 nitrogen and oxygen atoms in total. The maximum absolute atomic E-state index is 12.1. The lowest BCUT2D eigenvalue weighted by atomic mass is 10.1. The molecule has 1 aromatic rings. The summed E-state index contributed by atoms with van der Waals surface area (Å²) in [6.45, 7) is 7.92. The van der Waals surface area contributed by atoms with Crippen molar-refractivity contribution in [1.29, 1.82) is 0 Å².